The number of nitrogens with zero attached hydrogens (tertiary/aromatic N) is 2. The number of rotatable bonds is 5. The van der Waals surface area contributed by atoms with Gasteiger partial charge in [-0.15, -0.1) is 0 Å². The van der Waals surface area contributed by atoms with Gasteiger partial charge in [0, 0.05) is 29.2 Å². The Morgan fingerprint density at radius 3 is 2.53 bits per heavy atom. The van der Waals surface area contributed by atoms with E-state index in [1.54, 1.807) is 24.3 Å². The van der Waals surface area contributed by atoms with Crippen molar-refractivity contribution in [3.8, 4) is 0 Å². The number of furan rings is 1. The van der Waals surface area contributed by atoms with Gasteiger partial charge in [0.1, 0.15) is 11.3 Å². The van der Waals surface area contributed by atoms with E-state index in [9.17, 15) is 14.4 Å². The summed E-state index contributed by atoms with van der Waals surface area (Å²) in [4.78, 5) is 38.9. The fraction of sp³-hybridized carbons (Fsp3) is 0.0800. The first kappa shape index (κ1) is 22.0. The zero-order chi connectivity index (χ0) is 23.8. The third-order valence-electron chi connectivity index (χ3n) is 5.54. The summed E-state index contributed by atoms with van der Waals surface area (Å²) in [5.41, 5.74) is 2.38. The molecule has 170 valence electrons. The van der Waals surface area contributed by atoms with E-state index in [1.807, 2.05) is 41.1 Å². The average molecular weight is 494 g/mol. The van der Waals surface area contributed by atoms with E-state index in [1.165, 1.54) is 12.3 Å². The van der Waals surface area contributed by atoms with Gasteiger partial charge in [-0.05, 0) is 42.0 Å². The lowest BCUT2D eigenvalue weighted by molar-refractivity contribution is -0.130. The molecule has 2 aromatic heterocycles. The summed E-state index contributed by atoms with van der Waals surface area (Å²) in [6, 6.07) is 15.6. The molecular formula is C25H17Cl2N3O4. The molecule has 1 aliphatic heterocycles. The Morgan fingerprint density at radius 1 is 0.941 bits per heavy atom. The number of benzene rings is 2. The Labute approximate surface area is 204 Å². The monoisotopic (exact) mass is 493 g/mol. The SMILES string of the molecule is O=C1NC(=O)N(Cc2ccco2)C(=O)/C1=C/c1cn(Cc2ccc(Cl)c(Cl)c2)c2ccccc12. The zero-order valence-electron chi connectivity index (χ0n) is 17.6. The number of fused-ring (bicyclic) bond motifs is 1. The molecule has 1 fully saturated rings. The van der Waals surface area contributed by atoms with Crippen LogP contribution in [0.5, 0.6) is 0 Å². The van der Waals surface area contributed by atoms with Crippen LogP contribution in [0.2, 0.25) is 10.0 Å². The van der Waals surface area contributed by atoms with Gasteiger partial charge >= 0.3 is 6.03 Å². The maximum Gasteiger partial charge on any atom is 0.331 e. The summed E-state index contributed by atoms with van der Waals surface area (Å²) in [5, 5.41) is 4.02. The lowest BCUT2D eigenvalue weighted by Crippen LogP contribution is -2.53. The fourth-order valence-electron chi connectivity index (χ4n) is 3.91. The van der Waals surface area contributed by atoms with Gasteiger partial charge in [0.25, 0.3) is 11.8 Å². The largest absolute Gasteiger partial charge is 0.467 e. The zero-order valence-corrected chi connectivity index (χ0v) is 19.1. The lowest BCUT2D eigenvalue weighted by atomic mass is 10.1. The number of para-hydroxylation sites is 1. The van der Waals surface area contributed by atoms with Gasteiger partial charge in [0.2, 0.25) is 0 Å². The number of carbonyl (C=O) groups excluding carboxylic acids is 3. The lowest BCUT2D eigenvalue weighted by Gasteiger charge is -2.25. The molecule has 0 radical (unpaired) electrons. The Hall–Kier alpha value is -3.81. The van der Waals surface area contributed by atoms with E-state index in [0.717, 1.165) is 21.4 Å². The van der Waals surface area contributed by atoms with Crippen LogP contribution in [0.25, 0.3) is 17.0 Å². The third-order valence-corrected chi connectivity index (χ3v) is 6.28. The van der Waals surface area contributed by atoms with Crippen molar-refractivity contribution >= 4 is 58.0 Å². The predicted molar refractivity (Wildman–Crippen MR) is 128 cm³/mol. The van der Waals surface area contributed by atoms with Crippen molar-refractivity contribution in [3.63, 3.8) is 0 Å². The fourth-order valence-corrected chi connectivity index (χ4v) is 4.23. The molecule has 0 unspecified atom stereocenters. The molecule has 2 aromatic carbocycles. The highest BCUT2D eigenvalue weighted by Gasteiger charge is 2.36. The first-order chi connectivity index (χ1) is 16.4. The maximum absolute atomic E-state index is 13.1. The van der Waals surface area contributed by atoms with Gasteiger partial charge in [-0.2, -0.15) is 0 Å². The molecule has 4 amide bonds. The Bertz CT molecular complexity index is 1470. The minimum absolute atomic E-state index is 0.0820. The summed E-state index contributed by atoms with van der Waals surface area (Å²) >= 11 is 12.2. The second-order valence-electron chi connectivity index (χ2n) is 7.77. The van der Waals surface area contributed by atoms with Gasteiger partial charge in [0.05, 0.1) is 22.9 Å². The minimum Gasteiger partial charge on any atom is -0.467 e. The normalized spacial score (nSPS) is 15.4. The molecule has 0 aliphatic carbocycles. The molecule has 7 nitrogen and oxygen atoms in total. The molecule has 34 heavy (non-hydrogen) atoms. The molecule has 5 rings (SSSR count). The number of barbiturate groups is 1. The van der Waals surface area contributed by atoms with Crippen molar-refractivity contribution in [1.29, 1.82) is 0 Å². The van der Waals surface area contributed by atoms with Gasteiger partial charge in [-0.1, -0.05) is 47.5 Å². The number of aromatic nitrogens is 1. The number of halogens is 2. The van der Waals surface area contributed by atoms with E-state index in [4.69, 9.17) is 27.6 Å². The van der Waals surface area contributed by atoms with E-state index < -0.39 is 17.8 Å². The molecule has 1 N–H and O–H groups in total. The average Bonchev–Trinajstić information content (AvgIpc) is 3.45. The van der Waals surface area contributed by atoms with Crippen molar-refractivity contribution in [3.05, 3.63) is 99.6 Å². The number of carbonyl (C=O) groups is 3. The van der Waals surface area contributed by atoms with Crippen LogP contribution in [0.1, 0.15) is 16.9 Å². The van der Waals surface area contributed by atoms with Crippen LogP contribution >= 0.6 is 23.2 Å². The molecule has 3 heterocycles. The van der Waals surface area contributed by atoms with Crippen LogP contribution in [0, 0.1) is 0 Å². The van der Waals surface area contributed by atoms with Crippen LogP contribution in [0.15, 0.2) is 77.0 Å². The second kappa shape index (κ2) is 8.85. The van der Waals surface area contributed by atoms with Gasteiger partial charge in [-0.3, -0.25) is 19.8 Å². The van der Waals surface area contributed by atoms with Crippen LogP contribution < -0.4 is 5.32 Å². The molecule has 4 aromatic rings. The maximum atomic E-state index is 13.1. The van der Waals surface area contributed by atoms with E-state index >= 15 is 0 Å². The molecule has 0 saturated carbocycles. The first-order valence-electron chi connectivity index (χ1n) is 10.3. The van der Waals surface area contributed by atoms with Gasteiger partial charge in [-0.25, -0.2) is 4.79 Å². The number of amides is 4. The number of hydrogen-bond acceptors (Lipinski definition) is 4. The van der Waals surface area contributed by atoms with E-state index in [2.05, 4.69) is 5.32 Å². The van der Waals surface area contributed by atoms with Crippen LogP contribution in [-0.2, 0) is 22.7 Å². The molecule has 1 saturated heterocycles. The van der Waals surface area contributed by atoms with Gasteiger partial charge < -0.3 is 8.98 Å². The Morgan fingerprint density at radius 2 is 1.76 bits per heavy atom. The van der Waals surface area contributed by atoms with Crippen molar-refractivity contribution in [2.24, 2.45) is 0 Å². The Balaban J connectivity index is 1.52. The van der Waals surface area contributed by atoms with E-state index in [0.29, 0.717) is 27.9 Å². The number of nitrogens with one attached hydrogen (secondary N) is 1. The first-order valence-corrected chi connectivity index (χ1v) is 11.1. The summed E-state index contributed by atoms with van der Waals surface area (Å²) in [6.07, 6.45) is 4.81. The smallest absolute Gasteiger partial charge is 0.331 e. The standard InChI is InChI=1S/C25H17Cl2N3O4/c26-20-8-7-15(10-21(20)27)12-29-13-16(18-5-1-2-6-22(18)29)11-19-23(31)28-25(33)30(24(19)32)14-17-4-3-9-34-17/h1-11,13H,12,14H2,(H,28,31,33)/b19-11+. The van der Waals surface area contributed by atoms with Gasteiger partial charge in [0.15, 0.2) is 0 Å². The van der Waals surface area contributed by atoms with Crippen LogP contribution in [-0.4, -0.2) is 27.3 Å². The molecule has 1 aliphatic rings. The highest BCUT2D eigenvalue weighted by atomic mass is 35.5. The van der Waals surface area contributed by atoms with Crippen molar-refractivity contribution in [2.75, 3.05) is 0 Å². The quantitative estimate of drug-likeness (QED) is 0.303. The van der Waals surface area contributed by atoms with Crippen molar-refractivity contribution in [2.45, 2.75) is 13.1 Å². The second-order valence-corrected chi connectivity index (χ2v) is 8.58. The number of hydrogen-bond donors (Lipinski definition) is 1. The van der Waals surface area contributed by atoms with Crippen LogP contribution in [0.4, 0.5) is 4.79 Å². The third kappa shape index (κ3) is 4.11. The summed E-state index contributed by atoms with van der Waals surface area (Å²) < 4.78 is 7.25. The highest BCUT2D eigenvalue weighted by molar-refractivity contribution is 6.42. The summed E-state index contributed by atoms with van der Waals surface area (Å²) in [5.74, 6) is -1.01. The minimum atomic E-state index is -0.786. The molecule has 9 heteroatoms. The topological polar surface area (TPSA) is 84.6 Å². The summed E-state index contributed by atoms with van der Waals surface area (Å²) in [6.45, 7) is 0.422. The molecule has 0 atom stereocenters. The summed E-state index contributed by atoms with van der Waals surface area (Å²) in [7, 11) is 0. The Kier molecular flexibility index (Phi) is 5.73. The molecule has 0 spiro atoms. The van der Waals surface area contributed by atoms with E-state index in [-0.39, 0.29) is 12.1 Å². The number of urea groups is 1. The molecule has 0 bridgehead atoms. The highest BCUT2D eigenvalue weighted by Crippen LogP contribution is 2.28. The van der Waals surface area contributed by atoms with Crippen molar-refractivity contribution in [1.82, 2.24) is 14.8 Å². The van der Waals surface area contributed by atoms with Crippen molar-refractivity contribution < 1.29 is 18.8 Å². The predicted octanol–water partition coefficient (Wildman–Crippen LogP) is 5.25. The van der Waals surface area contributed by atoms with Crippen LogP contribution in [0.3, 0.4) is 0 Å². The molecular weight excluding hydrogens is 477 g/mol. The number of imide groups is 2.